The Kier molecular flexibility index (Phi) is 5.67. The lowest BCUT2D eigenvalue weighted by Crippen LogP contribution is -2.17. The minimum Gasteiger partial charge on any atom is -0.393 e. The molecule has 1 heterocycles. The Morgan fingerprint density at radius 2 is 1.94 bits per heavy atom. The molecule has 0 aromatic carbocycles. The minimum atomic E-state index is -0.385. The van der Waals surface area contributed by atoms with Crippen LogP contribution in [0, 0.1) is 11.8 Å². The molecule has 2 unspecified atom stereocenters. The van der Waals surface area contributed by atoms with Gasteiger partial charge in [-0.2, -0.15) is 0 Å². The summed E-state index contributed by atoms with van der Waals surface area (Å²) < 4.78 is 4.67. The molecule has 17 heavy (non-hydrogen) atoms. The lowest BCUT2D eigenvalue weighted by atomic mass is 9.88. The highest BCUT2D eigenvalue weighted by Crippen LogP contribution is 2.30. The van der Waals surface area contributed by atoms with E-state index >= 15 is 0 Å². The fraction of sp³-hybridized carbons (Fsp3) is 0.571. The number of ether oxygens (including phenoxy) is 1. The van der Waals surface area contributed by atoms with Gasteiger partial charge in [0.1, 0.15) is 0 Å². The fourth-order valence-corrected chi connectivity index (χ4v) is 2.08. The summed E-state index contributed by atoms with van der Waals surface area (Å²) in [5, 5.41) is 0. The van der Waals surface area contributed by atoms with Gasteiger partial charge in [-0.1, -0.05) is 25.2 Å². The van der Waals surface area contributed by atoms with Crippen LogP contribution in [0.1, 0.15) is 39.0 Å². The van der Waals surface area contributed by atoms with Gasteiger partial charge >= 0.3 is 11.9 Å². The molecule has 0 radical (unpaired) electrons. The molecule has 2 atom stereocenters. The molecule has 3 nitrogen and oxygen atoms in total. The van der Waals surface area contributed by atoms with Crippen LogP contribution in [-0.4, -0.2) is 11.9 Å². The van der Waals surface area contributed by atoms with Gasteiger partial charge in [0, 0.05) is 0 Å². The van der Waals surface area contributed by atoms with Crippen LogP contribution in [0.15, 0.2) is 24.8 Å². The third kappa shape index (κ3) is 3.84. The predicted molar refractivity (Wildman–Crippen MR) is 66.2 cm³/mol. The van der Waals surface area contributed by atoms with Gasteiger partial charge in [0.05, 0.1) is 11.8 Å². The van der Waals surface area contributed by atoms with E-state index < -0.39 is 0 Å². The number of carbonyl (C=O) groups excluding carboxylic acids is 2. The molecule has 1 rings (SSSR count). The quantitative estimate of drug-likeness (QED) is 0.295. The third-order valence-electron chi connectivity index (χ3n) is 3.00. The van der Waals surface area contributed by atoms with E-state index in [0.29, 0.717) is 6.42 Å². The number of rotatable bonds is 7. The van der Waals surface area contributed by atoms with Crippen molar-refractivity contribution in [1.82, 2.24) is 0 Å². The molecule has 1 saturated heterocycles. The van der Waals surface area contributed by atoms with Crippen LogP contribution in [0.5, 0.6) is 0 Å². The van der Waals surface area contributed by atoms with Crippen molar-refractivity contribution >= 4 is 11.9 Å². The van der Waals surface area contributed by atoms with Crippen LogP contribution >= 0.6 is 0 Å². The highest BCUT2D eigenvalue weighted by molar-refractivity contribution is 5.96. The zero-order valence-electron chi connectivity index (χ0n) is 10.4. The Bertz CT molecular complexity index is 317. The highest BCUT2D eigenvalue weighted by Gasteiger charge is 2.42. The molecule has 0 saturated carbocycles. The molecule has 0 N–H and O–H groups in total. The van der Waals surface area contributed by atoms with Crippen molar-refractivity contribution < 1.29 is 14.3 Å². The Morgan fingerprint density at radius 3 is 2.59 bits per heavy atom. The smallest absolute Gasteiger partial charge is 0.317 e. The monoisotopic (exact) mass is 236 g/mol. The molecule has 1 fully saturated rings. The van der Waals surface area contributed by atoms with Gasteiger partial charge in [0.2, 0.25) is 0 Å². The maximum atomic E-state index is 11.5. The molecule has 1 aliphatic rings. The van der Waals surface area contributed by atoms with Gasteiger partial charge in [-0.05, 0) is 32.1 Å². The number of carbonyl (C=O) groups is 2. The number of hydrogen-bond acceptors (Lipinski definition) is 3. The molecule has 94 valence electrons. The van der Waals surface area contributed by atoms with Crippen LogP contribution in [0.3, 0.4) is 0 Å². The van der Waals surface area contributed by atoms with Crippen molar-refractivity contribution in [1.29, 1.82) is 0 Å². The van der Waals surface area contributed by atoms with Crippen molar-refractivity contribution in [2.24, 2.45) is 11.8 Å². The van der Waals surface area contributed by atoms with Gasteiger partial charge in [-0.15, -0.1) is 6.58 Å². The molecule has 0 bridgehead atoms. The number of cyclic esters (lactones) is 2. The molecule has 3 heteroatoms. The lowest BCUT2D eigenvalue weighted by Gasteiger charge is -2.10. The van der Waals surface area contributed by atoms with Crippen LogP contribution in [0.4, 0.5) is 0 Å². The molecule has 0 aromatic rings. The predicted octanol–water partition coefficient (Wildman–Crippen LogP) is 3.01. The number of esters is 2. The number of allylic oxidation sites excluding steroid dienone is 3. The topological polar surface area (TPSA) is 43.4 Å². The van der Waals surface area contributed by atoms with Crippen LogP contribution in [-0.2, 0) is 14.3 Å². The first kappa shape index (κ1) is 13.7. The first-order chi connectivity index (χ1) is 8.20. The van der Waals surface area contributed by atoms with Gasteiger partial charge in [0.15, 0.2) is 0 Å². The zero-order chi connectivity index (χ0) is 12.7. The van der Waals surface area contributed by atoms with Crippen molar-refractivity contribution in [3.8, 4) is 0 Å². The highest BCUT2D eigenvalue weighted by atomic mass is 16.6. The van der Waals surface area contributed by atoms with Crippen LogP contribution < -0.4 is 0 Å². The largest absolute Gasteiger partial charge is 0.393 e. The molecular formula is C14H20O3. The maximum Gasteiger partial charge on any atom is 0.317 e. The van der Waals surface area contributed by atoms with Crippen molar-refractivity contribution in [2.75, 3.05) is 0 Å². The molecule has 0 aromatic heterocycles. The SMILES string of the molecule is C=CCC1C(=O)OC(=O)C1CCCC=CCC. The van der Waals surface area contributed by atoms with E-state index in [0.717, 1.165) is 25.7 Å². The molecule has 0 spiro atoms. The maximum absolute atomic E-state index is 11.5. The van der Waals surface area contributed by atoms with Gasteiger partial charge < -0.3 is 4.74 Å². The Balaban J connectivity index is 2.43. The average Bonchev–Trinajstić information content (AvgIpc) is 2.56. The second-order valence-corrected chi connectivity index (χ2v) is 4.29. The summed E-state index contributed by atoms with van der Waals surface area (Å²) in [5.41, 5.74) is 0. The summed E-state index contributed by atoms with van der Waals surface area (Å²) in [6.07, 6.45) is 10.0. The second-order valence-electron chi connectivity index (χ2n) is 4.29. The van der Waals surface area contributed by atoms with E-state index in [1.807, 2.05) is 0 Å². The first-order valence-electron chi connectivity index (χ1n) is 6.22. The average molecular weight is 236 g/mol. The van der Waals surface area contributed by atoms with E-state index in [4.69, 9.17) is 0 Å². The molecular weight excluding hydrogens is 216 g/mol. The van der Waals surface area contributed by atoms with Gasteiger partial charge in [0.25, 0.3) is 0 Å². The summed E-state index contributed by atoms with van der Waals surface area (Å²) in [6.45, 7) is 5.70. The van der Waals surface area contributed by atoms with E-state index in [1.54, 1.807) is 6.08 Å². The van der Waals surface area contributed by atoms with Gasteiger partial charge in [-0.3, -0.25) is 9.59 Å². The summed E-state index contributed by atoms with van der Waals surface area (Å²) in [6, 6.07) is 0. The van der Waals surface area contributed by atoms with Crippen molar-refractivity contribution in [2.45, 2.75) is 39.0 Å². The van der Waals surface area contributed by atoms with Crippen LogP contribution in [0.25, 0.3) is 0 Å². The second kappa shape index (κ2) is 7.05. The fourth-order valence-electron chi connectivity index (χ4n) is 2.08. The van der Waals surface area contributed by atoms with Crippen molar-refractivity contribution in [3.05, 3.63) is 24.8 Å². The summed E-state index contributed by atoms with van der Waals surface area (Å²) >= 11 is 0. The summed E-state index contributed by atoms with van der Waals surface area (Å²) in [5.74, 6) is -1.32. The van der Waals surface area contributed by atoms with Crippen molar-refractivity contribution in [3.63, 3.8) is 0 Å². The Morgan fingerprint density at radius 1 is 1.24 bits per heavy atom. The third-order valence-corrected chi connectivity index (χ3v) is 3.00. The normalized spacial score (nSPS) is 24.3. The Hall–Kier alpha value is -1.38. The van der Waals surface area contributed by atoms with E-state index in [9.17, 15) is 9.59 Å². The molecule has 0 amide bonds. The summed E-state index contributed by atoms with van der Waals surface area (Å²) in [7, 11) is 0. The Labute approximate surface area is 103 Å². The van der Waals surface area contributed by atoms with E-state index in [2.05, 4.69) is 30.4 Å². The molecule has 1 aliphatic heterocycles. The van der Waals surface area contributed by atoms with Crippen LogP contribution in [0.2, 0.25) is 0 Å². The first-order valence-corrected chi connectivity index (χ1v) is 6.22. The summed E-state index contributed by atoms with van der Waals surface area (Å²) in [4.78, 5) is 22.9. The molecule has 0 aliphatic carbocycles. The lowest BCUT2D eigenvalue weighted by molar-refractivity contribution is -0.153. The van der Waals surface area contributed by atoms with E-state index in [1.165, 1.54) is 0 Å². The van der Waals surface area contributed by atoms with Gasteiger partial charge in [-0.25, -0.2) is 0 Å². The standard InChI is InChI=1S/C14H20O3/c1-3-5-6-7-8-10-12-11(9-4-2)13(15)17-14(12)16/h4-6,11-12H,2-3,7-10H2,1H3. The number of unbranched alkanes of at least 4 members (excludes halogenated alkanes) is 1. The number of hydrogen-bond donors (Lipinski definition) is 0. The zero-order valence-corrected chi connectivity index (χ0v) is 10.4. The van der Waals surface area contributed by atoms with E-state index in [-0.39, 0.29) is 23.8 Å². The minimum absolute atomic E-state index is 0.268.